The van der Waals surface area contributed by atoms with Crippen LogP contribution in [0.3, 0.4) is 0 Å². The lowest BCUT2D eigenvalue weighted by molar-refractivity contribution is -0.142. The number of carbonyl (C=O) groups excluding carboxylic acids is 3. The summed E-state index contributed by atoms with van der Waals surface area (Å²) in [4.78, 5) is 38.5. The number of carbonyl (C=O) groups is 3. The highest BCUT2D eigenvalue weighted by molar-refractivity contribution is 5.89. The molecule has 0 aromatic heterocycles. The molecule has 0 spiro atoms. The normalized spacial score (nSPS) is 24.4. The summed E-state index contributed by atoms with van der Waals surface area (Å²) < 4.78 is 26.1. The second kappa shape index (κ2) is 6.71. The molecule has 2 rings (SSSR count). The number of nitrogens with zero attached hydrogens (tertiary/aromatic N) is 2. The second-order valence-corrected chi connectivity index (χ2v) is 6.09. The number of ketones is 1. The van der Waals surface area contributed by atoms with Crippen molar-refractivity contribution in [3.63, 3.8) is 0 Å². The van der Waals surface area contributed by atoms with E-state index in [4.69, 9.17) is 0 Å². The fraction of sp³-hybridized carbons (Fsp3) is 0.800. The van der Waals surface area contributed by atoms with Gasteiger partial charge in [-0.15, -0.1) is 0 Å². The maximum absolute atomic E-state index is 13.0. The number of hydrogen-bond acceptors (Lipinski definition) is 3. The Balaban J connectivity index is 1.79. The predicted octanol–water partition coefficient (Wildman–Crippen LogP) is 1.60. The molecule has 0 bridgehead atoms. The summed E-state index contributed by atoms with van der Waals surface area (Å²) in [6.45, 7) is 2.10. The third kappa shape index (κ3) is 4.01. The summed E-state index contributed by atoms with van der Waals surface area (Å²) in [5, 5.41) is 0. The van der Waals surface area contributed by atoms with Crippen LogP contribution in [0.4, 0.5) is 8.78 Å². The van der Waals surface area contributed by atoms with Gasteiger partial charge in [-0.05, 0) is 19.8 Å². The zero-order valence-electron chi connectivity index (χ0n) is 12.8. The van der Waals surface area contributed by atoms with Crippen molar-refractivity contribution in [1.29, 1.82) is 0 Å². The van der Waals surface area contributed by atoms with E-state index in [0.29, 0.717) is 13.0 Å². The lowest BCUT2D eigenvalue weighted by Gasteiger charge is -2.32. The number of Topliss-reactive ketones (excluding diaryl/α,β-unsaturated/α-hetero) is 1. The molecule has 0 unspecified atom stereocenters. The summed E-state index contributed by atoms with van der Waals surface area (Å²) in [5.41, 5.74) is 0. The number of halogens is 2. The molecular weight excluding hydrogens is 294 g/mol. The minimum absolute atomic E-state index is 0.0194. The van der Waals surface area contributed by atoms with Gasteiger partial charge >= 0.3 is 0 Å². The molecule has 1 atom stereocenters. The number of rotatable bonds is 4. The SMILES string of the molecule is CC(=O)[C@@H]1CCCN1C(=O)CCC(=O)N1CCC(F)(F)CC1. The van der Waals surface area contributed by atoms with E-state index in [0.717, 1.165) is 6.42 Å². The first-order chi connectivity index (χ1) is 10.3. The number of alkyl halides is 2. The van der Waals surface area contributed by atoms with Gasteiger partial charge in [-0.2, -0.15) is 0 Å². The molecule has 0 radical (unpaired) electrons. The monoisotopic (exact) mass is 316 g/mol. The van der Waals surface area contributed by atoms with E-state index in [1.165, 1.54) is 11.8 Å². The molecule has 2 saturated heterocycles. The summed E-state index contributed by atoms with van der Waals surface area (Å²) in [5.74, 6) is -3.18. The molecule has 2 fully saturated rings. The van der Waals surface area contributed by atoms with Crippen LogP contribution in [-0.2, 0) is 14.4 Å². The predicted molar refractivity (Wildman–Crippen MR) is 75.4 cm³/mol. The van der Waals surface area contributed by atoms with Crippen molar-refractivity contribution < 1.29 is 23.2 Å². The van der Waals surface area contributed by atoms with Gasteiger partial charge in [0.1, 0.15) is 0 Å². The maximum atomic E-state index is 13.0. The van der Waals surface area contributed by atoms with E-state index >= 15 is 0 Å². The smallest absolute Gasteiger partial charge is 0.251 e. The molecule has 7 heteroatoms. The Bertz CT molecular complexity index is 458. The molecule has 2 amide bonds. The Morgan fingerprint density at radius 2 is 1.64 bits per heavy atom. The van der Waals surface area contributed by atoms with Crippen molar-refractivity contribution in [3.8, 4) is 0 Å². The standard InChI is InChI=1S/C15H22F2N2O3/c1-11(20)12-3-2-8-19(12)14(22)5-4-13(21)18-9-6-15(16,17)7-10-18/h12H,2-10H2,1H3/t12-/m0/s1. The Morgan fingerprint density at radius 3 is 2.23 bits per heavy atom. The van der Waals surface area contributed by atoms with Crippen LogP contribution in [0, 0.1) is 0 Å². The third-order valence-electron chi connectivity index (χ3n) is 4.44. The van der Waals surface area contributed by atoms with Gasteiger partial charge in [0.2, 0.25) is 11.8 Å². The molecule has 0 aliphatic carbocycles. The topological polar surface area (TPSA) is 57.7 Å². The van der Waals surface area contributed by atoms with Gasteiger partial charge in [-0.25, -0.2) is 8.78 Å². The van der Waals surface area contributed by atoms with Crippen LogP contribution in [0.15, 0.2) is 0 Å². The van der Waals surface area contributed by atoms with E-state index in [1.807, 2.05) is 0 Å². The van der Waals surface area contributed by atoms with Crippen LogP contribution in [0.2, 0.25) is 0 Å². The Morgan fingerprint density at radius 1 is 1.05 bits per heavy atom. The first kappa shape index (κ1) is 16.8. The van der Waals surface area contributed by atoms with Crippen LogP contribution >= 0.6 is 0 Å². The first-order valence-corrected chi connectivity index (χ1v) is 7.76. The van der Waals surface area contributed by atoms with Crippen molar-refractivity contribution in [2.75, 3.05) is 19.6 Å². The Hall–Kier alpha value is -1.53. The fourth-order valence-corrected chi connectivity index (χ4v) is 3.09. The minimum atomic E-state index is -2.68. The molecule has 0 saturated carbocycles. The van der Waals surface area contributed by atoms with E-state index in [2.05, 4.69) is 0 Å². The van der Waals surface area contributed by atoms with E-state index < -0.39 is 5.92 Å². The molecule has 124 valence electrons. The average molecular weight is 316 g/mol. The van der Waals surface area contributed by atoms with Gasteiger partial charge < -0.3 is 9.80 Å². The first-order valence-electron chi connectivity index (χ1n) is 7.76. The van der Waals surface area contributed by atoms with Crippen molar-refractivity contribution in [3.05, 3.63) is 0 Å². The lowest BCUT2D eigenvalue weighted by Crippen LogP contribution is -2.43. The minimum Gasteiger partial charge on any atom is -0.342 e. The highest BCUT2D eigenvalue weighted by Gasteiger charge is 2.36. The lowest BCUT2D eigenvalue weighted by atomic mass is 10.1. The summed E-state index contributed by atoms with van der Waals surface area (Å²) >= 11 is 0. The van der Waals surface area contributed by atoms with Gasteiger partial charge in [0.05, 0.1) is 6.04 Å². The number of likely N-dealkylation sites (tertiary alicyclic amines) is 2. The van der Waals surface area contributed by atoms with Gasteiger partial charge in [0.25, 0.3) is 5.92 Å². The van der Waals surface area contributed by atoms with E-state index in [-0.39, 0.29) is 62.4 Å². The maximum Gasteiger partial charge on any atom is 0.251 e. The summed E-state index contributed by atoms with van der Waals surface area (Å²) in [6.07, 6.45) is 0.902. The van der Waals surface area contributed by atoms with E-state index in [1.54, 1.807) is 4.90 Å². The zero-order valence-corrected chi connectivity index (χ0v) is 12.8. The van der Waals surface area contributed by atoms with Gasteiger partial charge in [0, 0.05) is 45.3 Å². The van der Waals surface area contributed by atoms with Gasteiger partial charge in [0.15, 0.2) is 5.78 Å². The second-order valence-electron chi connectivity index (χ2n) is 6.09. The van der Waals surface area contributed by atoms with Crippen LogP contribution < -0.4 is 0 Å². The summed E-state index contributed by atoms with van der Waals surface area (Å²) in [6, 6.07) is -0.365. The highest BCUT2D eigenvalue weighted by atomic mass is 19.3. The molecule has 0 aromatic carbocycles. The Kier molecular flexibility index (Phi) is 5.13. The van der Waals surface area contributed by atoms with Crippen molar-refractivity contribution in [2.45, 2.75) is 57.4 Å². The van der Waals surface area contributed by atoms with Gasteiger partial charge in [-0.3, -0.25) is 14.4 Å². The molecular formula is C15H22F2N2O3. The third-order valence-corrected chi connectivity index (χ3v) is 4.44. The fourth-order valence-electron chi connectivity index (χ4n) is 3.09. The molecule has 2 heterocycles. The highest BCUT2D eigenvalue weighted by Crippen LogP contribution is 2.28. The number of hydrogen-bond donors (Lipinski definition) is 0. The van der Waals surface area contributed by atoms with Gasteiger partial charge in [-0.1, -0.05) is 0 Å². The Labute approximate surface area is 128 Å². The zero-order chi connectivity index (χ0) is 16.3. The molecule has 2 aliphatic heterocycles. The van der Waals surface area contributed by atoms with Crippen molar-refractivity contribution in [1.82, 2.24) is 9.80 Å². The van der Waals surface area contributed by atoms with Crippen molar-refractivity contribution in [2.24, 2.45) is 0 Å². The molecule has 0 aromatic rings. The van der Waals surface area contributed by atoms with Crippen molar-refractivity contribution >= 4 is 17.6 Å². The molecule has 2 aliphatic rings. The number of amides is 2. The molecule has 5 nitrogen and oxygen atoms in total. The largest absolute Gasteiger partial charge is 0.342 e. The average Bonchev–Trinajstić information content (AvgIpc) is 2.94. The van der Waals surface area contributed by atoms with E-state index in [9.17, 15) is 23.2 Å². The van der Waals surface area contributed by atoms with Crippen LogP contribution in [0.1, 0.15) is 45.4 Å². The summed E-state index contributed by atoms with van der Waals surface area (Å²) in [7, 11) is 0. The quantitative estimate of drug-likeness (QED) is 0.791. The van der Waals surface area contributed by atoms with Crippen LogP contribution in [-0.4, -0.2) is 59.0 Å². The molecule has 0 N–H and O–H groups in total. The van der Waals surface area contributed by atoms with Crippen LogP contribution in [0.25, 0.3) is 0 Å². The molecule has 22 heavy (non-hydrogen) atoms. The number of piperidine rings is 1. The van der Waals surface area contributed by atoms with Crippen LogP contribution in [0.5, 0.6) is 0 Å².